The number of nitrogens with zero attached hydrogens (tertiary/aromatic N) is 1. The molecule has 0 saturated carbocycles. The van der Waals surface area contributed by atoms with Crippen LogP contribution in [0, 0.1) is 6.92 Å². The zero-order chi connectivity index (χ0) is 14.4. The molecular weight excluding hydrogens is 254 g/mol. The largest absolute Gasteiger partial charge is 0.493 e. The first-order valence-corrected chi connectivity index (χ1v) is 6.42. The highest BCUT2D eigenvalue weighted by Gasteiger charge is 2.03. The summed E-state index contributed by atoms with van der Waals surface area (Å²) < 4.78 is 10.9. The molecule has 0 radical (unpaired) electrons. The summed E-state index contributed by atoms with van der Waals surface area (Å²) in [4.78, 5) is 4.19. The molecule has 20 heavy (non-hydrogen) atoms. The Balaban J connectivity index is 1.84. The van der Waals surface area contributed by atoms with Crippen molar-refractivity contribution in [2.75, 3.05) is 31.3 Å². The van der Waals surface area contributed by atoms with E-state index >= 15 is 0 Å². The van der Waals surface area contributed by atoms with E-state index in [4.69, 9.17) is 15.2 Å². The Bertz CT molecular complexity index is 556. The highest BCUT2D eigenvalue weighted by atomic mass is 16.5. The normalized spacial score (nSPS) is 10.1. The number of ether oxygens (including phenoxy) is 2. The number of hydrogen-bond donors (Lipinski definition) is 2. The molecule has 0 aliphatic carbocycles. The maximum Gasteiger partial charge on any atom is 0.160 e. The average Bonchev–Trinajstić information content (AvgIpc) is 2.46. The van der Waals surface area contributed by atoms with E-state index in [-0.39, 0.29) is 0 Å². The maximum atomic E-state index is 5.62. The molecule has 2 aromatic rings. The standard InChI is InChI=1S/C15H19N3O2/c1-11-9-14(15(19-2)10-18-11)17-7-8-20-13-5-3-12(16)4-6-13/h3-6,9-10H,7-8,16H2,1-2H3,(H,17,18). The molecule has 0 aliphatic rings. The van der Waals surface area contributed by atoms with Crippen molar-refractivity contribution >= 4 is 11.4 Å². The lowest BCUT2D eigenvalue weighted by Crippen LogP contribution is -2.12. The van der Waals surface area contributed by atoms with Crippen LogP contribution in [0.1, 0.15) is 5.69 Å². The van der Waals surface area contributed by atoms with E-state index in [1.54, 1.807) is 13.3 Å². The summed E-state index contributed by atoms with van der Waals surface area (Å²) in [6.45, 7) is 3.16. The fourth-order valence-corrected chi connectivity index (χ4v) is 1.77. The minimum atomic E-state index is 0.550. The van der Waals surface area contributed by atoms with Crippen molar-refractivity contribution in [3.8, 4) is 11.5 Å². The van der Waals surface area contributed by atoms with E-state index in [9.17, 15) is 0 Å². The molecule has 1 aromatic carbocycles. The van der Waals surface area contributed by atoms with Crippen molar-refractivity contribution in [1.82, 2.24) is 4.98 Å². The van der Waals surface area contributed by atoms with Crippen LogP contribution in [0.4, 0.5) is 11.4 Å². The Morgan fingerprint density at radius 3 is 2.70 bits per heavy atom. The molecular formula is C15H19N3O2. The summed E-state index contributed by atoms with van der Waals surface area (Å²) in [6.07, 6.45) is 1.71. The highest BCUT2D eigenvalue weighted by molar-refractivity contribution is 5.55. The van der Waals surface area contributed by atoms with Crippen molar-refractivity contribution in [2.24, 2.45) is 0 Å². The van der Waals surface area contributed by atoms with Gasteiger partial charge in [-0.05, 0) is 37.3 Å². The number of pyridine rings is 1. The predicted molar refractivity (Wildman–Crippen MR) is 80.4 cm³/mol. The predicted octanol–water partition coefficient (Wildman–Crippen LogP) is 2.47. The number of nitrogens with one attached hydrogen (secondary N) is 1. The summed E-state index contributed by atoms with van der Waals surface area (Å²) in [7, 11) is 1.63. The maximum absolute atomic E-state index is 5.62. The summed E-state index contributed by atoms with van der Waals surface area (Å²) in [6, 6.07) is 9.29. The molecule has 3 N–H and O–H groups in total. The number of nitrogens with two attached hydrogens (primary N) is 1. The SMILES string of the molecule is COc1cnc(C)cc1NCCOc1ccc(N)cc1. The first-order chi connectivity index (χ1) is 9.69. The first-order valence-electron chi connectivity index (χ1n) is 6.42. The third-order valence-corrected chi connectivity index (χ3v) is 2.79. The Kier molecular flexibility index (Phi) is 4.65. The van der Waals surface area contributed by atoms with Crippen molar-refractivity contribution in [3.63, 3.8) is 0 Å². The van der Waals surface area contributed by atoms with Crippen LogP contribution in [0.25, 0.3) is 0 Å². The van der Waals surface area contributed by atoms with Crippen LogP contribution < -0.4 is 20.5 Å². The number of nitrogen functional groups attached to an aromatic ring is 1. The number of anilines is 2. The molecule has 0 bridgehead atoms. The fraction of sp³-hybridized carbons (Fsp3) is 0.267. The van der Waals surface area contributed by atoms with Crippen molar-refractivity contribution < 1.29 is 9.47 Å². The van der Waals surface area contributed by atoms with Gasteiger partial charge in [0.1, 0.15) is 12.4 Å². The third-order valence-electron chi connectivity index (χ3n) is 2.79. The van der Waals surface area contributed by atoms with E-state index in [0.29, 0.717) is 13.2 Å². The van der Waals surface area contributed by atoms with Crippen LogP contribution in [-0.4, -0.2) is 25.2 Å². The van der Waals surface area contributed by atoms with Crippen molar-refractivity contribution in [3.05, 3.63) is 42.2 Å². The van der Waals surface area contributed by atoms with E-state index in [1.165, 1.54) is 0 Å². The lowest BCUT2D eigenvalue weighted by molar-refractivity contribution is 0.332. The van der Waals surface area contributed by atoms with Gasteiger partial charge in [-0.25, -0.2) is 0 Å². The zero-order valence-electron chi connectivity index (χ0n) is 11.7. The summed E-state index contributed by atoms with van der Waals surface area (Å²) in [5.74, 6) is 1.53. The minimum Gasteiger partial charge on any atom is -0.493 e. The fourth-order valence-electron chi connectivity index (χ4n) is 1.77. The van der Waals surface area contributed by atoms with Gasteiger partial charge in [-0.15, -0.1) is 0 Å². The van der Waals surface area contributed by atoms with Gasteiger partial charge in [0.15, 0.2) is 5.75 Å². The summed E-state index contributed by atoms with van der Waals surface area (Å²) in [5.41, 5.74) is 8.20. The van der Waals surface area contributed by atoms with Crippen LogP contribution in [0.5, 0.6) is 11.5 Å². The lowest BCUT2D eigenvalue weighted by Gasteiger charge is -2.12. The van der Waals surface area contributed by atoms with Gasteiger partial charge >= 0.3 is 0 Å². The molecule has 0 unspecified atom stereocenters. The number of rotatable bonds is 6. The van der Waals surface area contributed by atoms with Gasteiger partial charge in [0.2, 0.25) is 0 Å². The number of hydrogen-bond acceptors (Lipinski definition) is 5. The minimum absolute atomic E-state index is 0.550. The quantitative estimate of drug-likeness (QED) is 0.625. The summed E-state index contributed by atoms with van der Waals surface area (Å²) in [5, 5.41) is 3.27. The molecule has 0 spiro atoms. The summed E-state index contributed by atoms with van der Waals surface area (Å²) >= 11 is 0. The average molecular weight is 273 g/mol. The number of benzene rings is 1. The second-order valence-electron chi connectivity index (χ2n) is 4.37. The monoisotopic (exact) mass is 273 g/mol. The molecule has 5 heteroatoms. The second-order valence-corrected chi connectivity index (χ2v) is 4.37. The van der Waals surface area contributed by atoms with Crippen molar-refractivity contribution in [2.45, 2.75) is 6.92 Å². The van der Waals surface area contributed by atoms with Crippen molar-refractivity contribution in [1.29, 1.82) is 0 Å². The third kappa shape index (κ3) is 3.78. The molecule has 5 nitrogen and oxygen atoms in total. The van der Waals surface area contributed by atoms with Crippen LogP contribution in [0.3, 0.4) is 0 Å². The molecule has 1 aromatic heterocycles. The van der Waals surface area contributed by atoms with Crippen LogP contribution in [0.15, 0.2) is 36.5 Å². The van der Waals surface area contributed by atoms with Gasteiger partial charge in [-0.1, -0.05) is 0 Å². The molecule has 0 atom stereocenters. The van der Waals surface area contributed by atoms with Gasteiger partial charge in [0, 0.05) is 17.9 Å². The van der Waals surface area contributed by atoms with Gasteiger partial charge in [-0.2, -0.15) is 0 Å². The second kappa shape index (κ2) is 6.65. The van der Waals surface area contributed by atoms with Crippen LogP contribution in [0.2, 0.25) is 0 Å². The molecule has 0 amide bonds. The first kappa shape index (κ1) is 14.0. The number of aryl methyl sites for hydroxylation is 1. The van der Waals surface area contributed by atoms with Gasteiger partial charge in [-0.3, -0.25) is 4.98 Å². The highest BCUT2D eigenvalue weighted by Crippen LogP contribution is 2.23. The van der Waals surface area contributed by atoms with E-state index in [2.05, 4.69) is 10.3 Å². The van der Waals surface area contributed by atoms with E-state index in [0.717, 1.165) is 28.6 Å². The molecule has 0 fully saturated rings. The smallest absolute Gasteiger partial charge is 0.160 e. The zero-order valence-corrected chi connectivity index (χ0v) is 11.7. The Labute approximate surface area is 118 Å². The molecule has 0 aliphatic heterocycles. The van der Waals surface area contributed by atoms with Gasteiger partial charge in [0.25, 0.3) is 0 Å². The molecule has 106 valence electrons. The lowest BCUT2D eigenvalue weighted by atomic mass is 10.3. The topological polar surface area (TPSA) is 69.4 Å². The van der Waals surface area contributed by atoms with Gasteiger partial charge in [0.05, 0.1) is 19.0 Å². The Morgan fingerprint density at radius 2 is 2.00 bits per heavy atom. The van der Waals surface area contributed by atoms with Crippen LogP contribution in [-0.2, 0) is 0 Å². The Hall–Kier alpha value is -2.43. The molecule has 2 rings (SSSR count). The van der Waals surface area contributed by atoms with Gasteiger partial charge < -0.3 is 20.5 Å². The molecule has 0 saturated heterocycles. The van der Waals surface area contributed by atoms with E-state index < -0.39 is 0 Å². The Morgan fingerprint density at radius 1 is 1.25 bits per heavy atom. The van der Waals surface area contributed by atoms with Crippen LogP contribution >= 0.6 is 0 Å². The number of aromatic nitrogens is 1. The van der Waals surface area contributed by atoms with E-state index in [1.807, 2.05) is 37.3 Å². The molecule has 1 heterocycles. The number of methoxy groups -OCH3 is 1.